The largest absolute Gasteiger partial charge is 0.497 e. The Balaban J connectivity index is 0.000000228. The molecule has 60 heavy (non-hydrogen) atoms. The minimum Gasteiger partial charge on any atom is -0.497 e. The van der Waals surface area contributed by atoms with Crippen LogP contribution in [0.25, 0.3) is 22.5 Å². The van der Waals surface area contributed by atoms with E-state index in [1.165, 1.54) is 63.0 Å². The van der Waals surface area contributed by atoms with Gasteiger partial charge in [-0.15, -0.1) is 0 Å². The number of carbonyl (C=O) groups is 2. The average Bonchev–Trinajstić information content (AvgIpc) is 3.21. The SMILES string of the molecule is CCOC(=O)c1cc(C)ccc1Nc1cnc(-c2cccc(OC)c2)c(C(F)(F)F)c1.COc1cccc(-c2ncc(Nc3ccc(C)cc3C(=O)O)cc2C(F)(F)F)c1. The summed E-state index contributed by atoms with van der Waals surface area (Å²) in [5.41, 5.74) is 0.551. The molecule has 6 aromatic rings. The molecule has 3 N–H and O–H groups in total. The molecular weight excluding hydrogens is 794 g/mol. The Bertz CT molecular complexity index is 2510. The highest BCUT2D eigenvalue weighted by molar-refractivity contribution is 5.97. The van der Waals surface area contributed by atoms with E-state index in [1.54, 1.807) is 69.3 Å². The first-order valence-electron chi connectivity index (χ1n) is 18.0. The molecule has 10 nitrogen and oxygen atoms in total. The number of alkyl halides is 6. The number of methoxy groups -OCH3 is 2. The zero-order valence-electron chi connectivity index (χ0n) is 32.8. The minimum atomic E-state index is -4.66. The fourth-order valence-electron chi connectivity index (χ4n) is 5.90. The van der Waals surface area contributed by atoms with Crippen molar-refractivity contribution in [3.63, 3.8) is 0 Å². The molecule has 0 aliphatic carbocycles. The molecule has 0 saturated carbocycles. The molecule has 0 spiro atoms. The number of hydrogen-bond donors (Lipinski definition) is 3. The van der Waals surface area contributed by atoms with Gasteiger partial charge < -0.3 is 30.0 Å². The number of aryl methyl sites for hydroxylation is 2. The first kappa shape index (κ1) is 44.0. The highest BCUT2D eigenvalue weighted by Crippen LogP contribution is 2.40. The fraction of sp³-hybridized carbons (Fsp3) is 0.182. The highest BCUT2D eigenvalue weighted by atomic mass is 19.4. The number of benzene rings is 4. The Morgan fingerprint density at radius 2 is 1.07 bits per heavy atom. The smallest absolute Gasteiger partial charge is 0.418 e. The molecule has 0 saturated heterocycles. The van der Waals surface area contributed by atoms with E-state index in [9.17, 15) is 41.0 Å². The monoisotopic (exact) mass is 832 g/mol. The van der Waals surface area contributed by atoms with Crippen LogP contribution >= 0.6 is 0 Å². The number of carboxylic acids is 1. The summed E-state index contributed by atoms with van der Waals surface area (Å²) in [6.45, 7) is 5.39. The number of ether oxygens (including phenoxy) is 3. The summed E-state index contributed by atoms with van der Waals surface area (Å²) in [6.07, 6.45) is -6.78. The van der Waals surface area contributed by atoms with Gasteiger partial charge in [0.05, 0.1) is 89.6 Å². The summed E-state index contributed by atoms with van der Waals surface area (Å²) in [7, 11) is 2.86. The molecule has 2 aromatic heterocycles. The summed E-state index contributed by atoms with van der Waals surface area (Å²) < 4.78 is 97.8. The molecule has 4 aromatic carbocycles. The quantitative estimate of drug-likeness (QED) is 0.0856. The van der Waals surface area contributed by atoms with Gasteiger partial charge in [-0.1, -0.05) is 47.5 Å². The predicted molar refractivity (Wildman–Crippen MR) is 214 cm³/mol. The van der Waals surface area contributed by atoms with Crippen molar-refractivity contribution in [3.8, 4) is 34.0 Å². The number of hydrogen-bond acceptors (Lipinski definition) is 9. The van der Waals surface area contributed by atoms with Crippen molar-refractivity contribution in [2.75, 3.05) is 31.5 Å². The second-order valence-electron chi connectivity index (χ2n) is 13.1. The molecule has 0 fully saturated rings. The van der Waals surface area contributed by atoms with Crippen molar-refractivity contribution in [2.45, 2.75) is 33.1 Å². The lowest BCUT2D eigenvalue weighted by atomic mass is 10.0. The maximum atomic E-state index is 13.8. The van der Waals surface area contributed by atoms with Gasteiger partial charge in [0, 0.05) is 11.1 Å². The van der Waals surface area contributed by atoms with Gasteiger partial charge in [0.25, 0.3) is 0 Å². The summed E-state index contributed by atoms with van der Waals surface area (Å²) in [5, 5.41) is 14.9. The van der Waals surface area contributed by atoms with Gasteiger partial charge in [-0.05, 0) is 81.4 Å². The molecule has 16 heteroatoms. The van der Waals surface area contributed by atoms with Gasteiger partial charge in [-0.3, -0.25) is 9.97 Å². The lowest BCUT2D eigenvalue weighted by Gasteiger charge is -2.16. The molecule has 6 rings (SSSR count). The average molecular weight is 833 g/mol. The van der Waals surface area contributed by atoms with Crippen LogP contribution in [0.4, 0.5) is 49.1 Å². The van der Waals surface area contributed by atoms with Gasteiger partial charge in [0.1, 0.15) is 11.5 Å². The first-order valence-corrected chi connectivity index (χ1v) is 18.0. The lowest BCUT2D eigenvalue weighted by Crippen LogP contribution is -2.11. The van der Waals surface area contributed by atoms with Crippen molar-refractivity contribution < 1.29 is 55.2 Å². The zero-order valence-corrected chi connectivity index (χ0v) is 32.8. The van der Waals surface area contributed by atoms with Crippen LogP contribution < -0.4 is 20.1 Å². The minimum absolute atomic E-state index is 0.0234. The summed E-state index contributed by atoms with van der Waals surface area (Å²) in [5.74, 6) is -0.919. The molecule has 0 aliphatic heterocycles. The molecule has 0 amide bonds. The van der Waals surface area contributed by atoms with Crippen LogP contribution in [-0.4, -0.2) is 47.8 Å². The number of pyridine rings is 2. The third kappa shape index (κ3) is 10.9. The topological polar surface area (TPSA) is 132 Å². The van der Waals surface area contributed by atoms with E-state index in [-0.39, 0.29) is 57.3 Å². The molecule has 0 atom stereocenters. The molecule has 0 aliphatic rings. The number of carbonyl (C=O) groups excluding carboxylic acids is 1. The highest BCUT2D eigenvalue weighted by Gasteiger charge is 2.36. The second-order valence-corrected chi connectivity index (χ2v) is 13.1. The Labute approximate surface area is 340 Å². The van der Waals surface area contributed by atoms with E-state index in [0.29, 0.717) is 17.2 Å². The summed E-state index contributed by atoms with van der Waals surface area (Å²) in [6, 6.07) is 23.9. The number of esters is 1. The number of halogens is 6. The summed E-state index contributed by atoms with van der Waals surface area (Å²) >= 11 is 0. The van der Waals surface area contributed by atoms with Crippen molar-refractivity contribution in [2.24, 2.45) is 0 Å². The standard InChI is InChI=1S/C23H21F3N2O3.C21H17F3N2O3/c1-4-31-22(29)18-10-14(2)8-9-20(18)28-16-12-19(23(24,25)26)21(27-13-16)15-6-5-7-17(11-15)30-3;1-12-6-7-18(16(8-12)20(27)28)26-14-10-17(21(22,23)24)19(25-11-14)13-4-3-5-15(9-13)29-2/h5-13,28H,4H2,1-3H3;3-11,26H,1-2H3,(H,27,28). The zero-order chi connectivity index (χ0) is 43.8. The van der Waals surface area contributed by atoms with Gasteiger partial charge in [0.15, 0.2) is 0 Å². The lowest BCUT2D eigenvalue weighted by molar-refractivity contribution is -0.138. The molecule has 2 heterocycles. The number of nitrogens with one attached hydrogen (secondary N) is 2. The normalized spacial score (nSPS) is 11.2. The van der Waals surface area contributed by atoms with E-state index >= 15 is 0 Å². The Morgan fingerprint density at radius 3 is 1.47 bits per heavy atom. The number of nitrogens with zero attached hydrogens (tertiary/aromatic N) is 2. The number of aromatic carboxylic acids is 1. The van der Waals surface area contributed by atoms with Crippen LogP contribution in [0.3, 0.4) is 0 Å². The van der Waals surface area contributed by atoms with E-state index in [1.807, 2.05) is 0 Å². The van der Waals surface area contributed by atoms with Crippen LogP contribution in [0.1, 0.15) is 49.9 Å². The van der Waals surface area contributed by atoms with E-state index in [4.69, 9.17) is 14.2 Å². The van der Waals surface area contributed by atoms with Crippen LogP contribution in [-0.2, 0) is 17.1 Å². The number of anilines is 4. The third-order valence-electron chi connectivity index (χ3n) is 8.71. The maximum Gasteiger partial charge on any atom is 0.418 e. The molecule has 0 unspecified atom stereocenters. The Kier molecular flexibility index (Phi) is 13.7. The number of aromatic nitrogens is 2. The molecule has 0 bridgehead atoms. The second kappa shape index (κ2) is 18.7. The van der Waals surface area contributed by atoms with Crippen LogP contribution in [0.2, 0.25) is 0 Å². The van der Waals surface area contributed by atoms with E-state index in [0.717, 1.165) is 23.3 Å². The maximum absolute atomic E-state index is 13.8. The Hall–Kier alpha value is -7.10. The van der Waals surface area contributed by atoms with Crippen LogP contribution in [0.15, 0.2) is 109 Å². The number of rotatable bonds is 11. The van der Waals surface area contributed by atoms with Gasteiger partial charge >= 0.3 is 24.3 Å². The molecule has 312 valence electrons. The predicted octanol–water partition coefficient (Wildman–Crippen LogP) is 11.5. The molecule has 0 radical (unpaired) electrons. The van der Waals surface area contributed by atoms with E-state index in [2.05, 4.69) is 20.6 Å². The van der Waals surface area contributed by atoms with Gasteiger partial charge in [-0.25, -0.2) is 9.59 Å². The third-order valence-corrected chi connectivity index (χ3v) is 8.71. The van der Waals surface area contributed by atoms with Crippen LogP contribution in [0.5, 0.6) is 11.5 Å². The van der Waals surface area contributed by atoms with Crippen molar-refractivity contribution in [3.05, 3.63) is 143 Å². The fourth-order valence-corrected chi connectivity index (χ4v) is 5.90. The van der Waals surface area contributed by atoms with Gasteiger partial charge in [0.2, 0.25) is 0 Å². The van der Waals surface area contributed by atoms with Crippen LogP contribution in [0, 0.1) is 13.8 Å². The van der Waals surface area contributed by atoms with Crippen molar-refractivity contribution in [1.29, 1.82) is 0 Å². The van der Waals surface area contributed by atoms with Crippen molar-refractivity contribution >= 4 is 34.7 Å². The van der Waals surface area contributed by atoms with E-state index < -0.39 is 35.4 Å². The molecular formula is C44H38F6N4O6. The van der Waals surface area contributed by atoms with Crippen molar-refractivity contribution in [1.82, 2.24) is 9.97 Å². The number of carboxylic acid groups (broad SMARTS) is 1. The van der Waals surface area contributed by atoms with Gasteiger partial charge in [-0.2, -0.15) is 26.3 Å². The first-order chi connectivity index (χ1) is 28.4. The summed E-state index contributed by atoms with van der Waals surface area (Å²) in [4.78, 5) is 31.8. The Morgan fingerprint density at radius 1 is 0.633 bits per heavy atom.